The number of carbonyl (C=O) groups is 1. The third kappa shape index (κ3) is 9.39. The Morgan fingerprint density at radius 3 is 2.53 bits per heavy atom. The number of unbranched alkanes of at least 4 members (excludes halogenated alkanes) is 1. The van der Waals surface area contributed by atoms with Crippen LogP contribution >= 0.6 is 31.9 Å². The smallest absolute Gasteiger partial charge is 0.238 e. The normalized spacial score (nSPS) is 11.4. The zero-order valence-corrected chi connectivity index (χ0v) is 12.5. The van der Waals surface area contributed by atoms with E-state index in [0.717, 1.165) is 25.9 Å². The molecule has 6 heteroatoms. The van der Waals surface area contributed by atoms with Gasteiger partial charge in [-0.05, 0) is 12.8 Å². The second-order valence-electron chi connectivity index (χ2n) is 3.46. The van der Waals surface area contributed by atoms with E-state index in [4.69, 9.17) is 4.74 Å². The van der Waals surface area contributed by atoms with Gasteiger partial charge in [0.25, 0.3) is 0 Å². The minimum Gasteiger partial charge on any atom is -0.381 e. The molecule has 0 aliphatic carbocycles. The highest BCUT2D eigenvalue weighted by Crippen LogP contribution is 2.20. The van der Waals surface area contributed by atoms with E-state index in [1.165, 1.54) is 0 Å². The number of carbonyl (C=O) groups excluding carboxylic acids is 1. The first-order valence-electron chi connectivity index (χ1n) is 5.22. The molecule has 88 valence electrons. The second-order valence-corrected chi connectivity index (χ2v) is 7.70. The van der Waals surface area contributed by atoms with E-state index in [-0.39, 0.29) is 5.91 Å². The van der Waals surface area contributed by atoms with Gasteiger partial charge in [0.05, 0.1) is 0 Å². The van der Waals surface area contributed by atoms with Crippen LogP contribution < -0.4 is 5.32 Å². The molecule has 0 atom stereocenters. The van der Waals surface area contributed by atoms with Gasteiger partial charge >= 0.3 is 0 Å². The number of hydrogen-bond donors (Lipinski definition) is 1. The Kier molecular flexibility index (Phi) is 8.85. The van der Waals surface area contributed by atoms with E-state index in [1.54, 1.807) is 7.85 Å². The summed E-state index contributed by atoms with van der Waals surface area (Å²) in [7, 11) is 1.75. The first-order valence-corrected chi connectivity index (χ1v) is 6.81. The van der Waals surface area contributed by atoms with Gasteiger partial charge in [-0.25, -0.2) is 0 Å². The third-order valence-electron chi connectivity index (χ3n) is 1.79. The van der Waals surface area contributed by atoms with E-state index in [2.05, 4.69) is 44.1 Å². The number of halogens is 2. The van der Waals surface area contributed by atoms with Crippen LogP contribution in [-0.4, -0.2) is 36.6 Å². The van der Waals surface area contributed by atoms with Crippen molar-refractivity contribution in [1.29, 1.82) is 0 Å². The van der Waals surface area contributed by atoms with E-state index in [9.17, 15) is 4.79 Å². The predicted octanol–water partition coefficient (Wildman–Crippen LogP) is 1.39. The monoisotopic (exact) mass is 341 g/mol. The number of ether oxygens (including phenoxy) is 1. The molecule has 0 rings (SSSR count). The van der Waals surface area contributed by atoms with Crippen molar-refractivity contribution in [3.05, 3.63) is 0 Å². The van der Waals surface area contributed by atoms with Crippen molar-refractivity contribution in [2.75, 3.05) is 19.8 Å². The summed E-state index contributed by atoms with van der Waals surface area (Å²) in [6.07, 6.45) is 3.11. The van der Waals surface area contributed by atoms with Crippen molar-refractivity contribution in [2.24, 2.45) is 0 Å². The summed E-state index contributed by atoms with van der Waals surface area (Å²) in [6, 6.07) is 0. The van der Waals surface area contributed by atoms with Gasteiger partial charge in [-0.2, -0.15) is 0 Å². The average Bonchev–Trinajstić information content (AvgIpc) is 2.14. The maximum Gasteiger partial charge on any atom is 0.238 e. The molecule has 15 heavy (non-hydrogen) atoms. The van der Waals surface area contributed by atoms with Gasteiger partial charge in [0, 0.05) is 19.8 Å². The lowest BCUT2D eigenvalue weighted by atomic mass is 10.0. The number of rotatable bonds is 8. The highest BCUT2D eigenvalue weighted by atomic mass is 79.9. The molecule has 3 nitrogen and oxygen atoms in total. The first kappa shape index (κ1) is 15.5. The van der Waals surface area contributed by atoms with Crippen molar-refractivity contribution in [2.45, 2.75) is 29.3 Å². The van der Waals surface area contributed by atoms with Crippen LogP contribution in [0.5, 0.6) is 0 Å². The molecular weight excluding hydrogens is 325 g/mol. The highest BCUT2D eigenvalue weighted by molar-refractivity contribution is 9.26. The molecule has 0 unspecified atom stereocenters. The summed E-state index contributed by atoms with van der Waals surface area (Å²) < 4.78 is 4.70. The van der Waals surface area contributed by atoms with Gasteiger partial charge in [-0.15, -0.1) is 0 Å². The summed E-state index contributed by atoms with van der Waals surface area (Å²) in [5.41, 5.74) is 0. The van der Waals surface area contributed by atoms with Crippen molar-refractivity contribution < 1.29 is 9.53 Å². The molecule has 0 bridgehead atoms. The molecule has 1 N–H and O–H groups in total. The largest absolute Gasteiger partial charge is 0.381 e. The quantitative estimate of drug-likeness (QED) is 0.411. The molecule has 0 aromatic carbocycles. The zero-order valence-electron chi connectivity index (χ0n) is 9.32. The molecule has 0 heterocycles. The maximum atomic E-state index is 11.4. The molecule has 0 fully saturated rings. The van der Waals surface area contributed by atoms with Crippen LogP contribution in [0.3, 0.4) is 0 Å². The average molecular weight is 343 g/mol. The maximum absolute atomic E-state index is 11.4. The Balaban J connectivity index is 3.28. The van der Waals surface area contributed by atoms with Gasteiger partial charge < -0.3 is 10.1 Å². The van der Waals surface area contributed by atoms with E-state index < -0.39 is 3.13 Å². The van der Waals surface area contributed by atoms with Crippen molar-refractivity contribution in [3.63, 3.8) is 0 Å². The van der Waals surface area contributed by atoms with Crippen LogP contribution in [0.25, 0.3) is 0 Å². The number of amides is 1. The standard InChI is InChI=1S/C9H18BBr2NO2/c1-2-3-6-15-7-4-5-13-8(14)9(10,11)12/h2-7,10H2,1H3,(H,13,14). The SMILES string of the molecule is BC(Br)(Br)C(=O)NCCCOCCCC. The molecule has 0 saturated heterocycles. The molecule has 1 amide bonds. The molecule has 0 radical (unpaired) electrons. The lowest BCUT2D eigenvalue weighted by Crippen LogP contribution is -2.38. The Bertz CT molecular complexity index is 185. The van der Waals surface area contributed by atoms with Gasteiger partial charge in [0.15, 0.2) is 0 Å². The molecule has 0 aromatic heterocycles. The minimum atomic E-state index is -0.664. The fraction of sp³-hybridized carbons (Fsp3) is 0.889. The predicted molar refractivity (Wildman–Crippen MR) is 72.5 cm³/mol. The number of nitrogens with one attached hydrogen (secondary N) is 1. The summed E-state index contributed by atoms with van der Waals surface area (Å²) in [5, 5.41) is 2.80. The fourth-order valence-corrected chi connectivity index (χ4v) is 1.16. The number of alkyl halides is 2. The van der Waals surface area contributed by atoms with Crippen LogP contribution in [0.2, 0.25) is 0 Å². The third-order valence-corrected chi connectivity index (χ3v) is 2.51. The lowest BCUT2D eigenvalue weighted by molar-refractivity contribution is -0.119. The van der Waals surface area contributed by atoms with Gasteiger partial charge in [-0.1, -0.05) is 45.2 Å². The Morgan fingerprint density at radius 1 is 1.40 bits per heavy atom. The van der Waals surface area contributed by atoms with Crippen molar-refractivity contribution in [1.82, 2.24) is 5.32 Å². The summed E-state index contributed by atoms with van der Waals surface area (Å²) >= 11 is 6.44. The fourth-order valence-electron chi connectivity index (χ4n) is 0.880. The van der Waals surface area contributed by atoms with Crippen LogP contribution in [0.15, 0.2) is 0 Å². The molecule has 0 saturated carbocycles. The van der Waals surface area contributed by atoms with Crippen molar-refractivity contribution >= 4 is 45.6 Å². The van der Waals surface area contributed by atoms with Crippen molar-refractivity contribution in [3.8, 4) is 0 Å². The lowest BCUT2D eigenvalue weighted by Gasteiger charge is -2.13. The Morgan fingerprint density at radius 2 is 2.00 bits per heavy atom. The summed E-state index contributed by atoms with van der Waals surface area (Å²) in [4.78, 5) is 11.4. The molecule has 0 aliphatic heterocycles. The topological polar surface area (TPSA) is 38.3 Å². The molecule has 0 spiro atoms. The van der Waals surface area contributed by atoms with Crippen LogP contribution in [-0.2, 0) is 9.53 Å². The highest BCUT2D eigenvalue weighted by Gasteiger charge is 2.24. The number of hydrogen-bond acceptors (Lipinski definition) is 2. The first-order chi connectivity index (χ1) is 6.98. The minimum absolute atomic E-state index is 0.0592. The Hall–Kier alpha value is 0.455. The Labute approximate surface area is 109 Å². The van der Waals surface area contributed by atoms with Crippen LogP contribution in [0.4, 0.5) is 0 Å². The second kappa shape index (κ2) is 8.59. The van der Waals surface area contributed by atoms with E-state index in [1.807, 2.05) is 0 Å². The van der Waals surface area contributed by atoms with E-state index >= 15 is 0 Å². The van der Waals surface area contributed by atoms with Gasteiger partial charge in [0.1, 0.15) is 11.0 Å². The molecule has 0 aromatic rings. The van der Waals surface area contributed by atoms with Gasteiger partial charge in [-0.3, -0.25) is 4.79 Å². The molecular formula is C9H18BBr2NO2. The van der Waals surface area contributed by atoms with Gasteiger partial charge in [0.2, 0.25) is 5.91 Å². The van der Waals surface area contributed by atoms with E-state index in [0.29, 0.717) is 13.2 Å². The van der Waals surface area contributed by atoms with Crippen LogP contribution in [0.1, 0.15) is 26.2 Å². The summed E-state index contributed by atoms with van der Waals surface area (Å²) in [6.45, 7) is 4.31. The summed E-state index contributed by atoms with van der Waals surface area (Å²) in [5.74, 6) is -0.0592. The molecule has 0 aliphatic rings. The van der Waals surface area contributed by atoms with Crippen LogP contribution in [0, 0.1) is 0 Å². The zero-order chi connectivity index (χ0) is 11.7.